The number of anilines is 1. The van der Waals surface area contributed by atoms with E-state index in [1.54, 1.807) is 0 Å². The van der Waals surface area contributed by atoms with Gasteiger partial charge in [0.2, 0.25) is 0 Å². The molecule has 0 spiro atoms. The topological polar surface area (TPSA) is 57.3 Å². The van der Waals surface area contributed by atoms with Gasteiger partial charge in [0, 0.05) is 6.21 Å². The first-order valence-electron chi connectivity index (χ1n) is 8.28. The molecule has 1 unspecified atom stereocenters. The molecule has 0 aliphatic carbocycles. The van der Waals surface area contributed by atoms with Crippen molar-refractivity contribution < 1.29 is 0 Å². The number of fused-ring (bicyclic) bond motifs is 1. The Kier molecular flexibility index (Phi) is 4.12. The van der Waals surface area contributed by atoms with E-state index in [1.165, 1.54) is 17.3 Å². The summed E-state index contributed by atoms with van der Waals surface area (Å²) in [5.41, 5.74) is 3.27. The molecule has 4 rings (SSSR count). The summed E-state index contributed by atoms with van der Waals surface area (Å²) in [5, 5.41) is 7.64. The standard InChI is InChI=1S/C20H19N5/c21-11-18-19-20(24(14-22-18)12-16-7-3-1-4-8-16)25(15-23-19)13-17-9-5-2-6-10-17/h1-11,14-15,18,21H,12-13H2. The Morgan fingerprint density at radius 1 is 0.920 bits per heavy atom. The average molecular weight is 329 g/mol. The maximum absolute atomic E-state index is 7.64. The van der Waals surface area contributed by atoms with Crippen LogP contribution in [-0.2, 0) is 13.1 Å². The lowest BCUT2D eigenvalue weighted by molar-refractivity contribution is 0.767. The lowest BCUT2D eigenvalue weighted by atomic mass is 10.1. The Morgan fingerprint density at radius 2 is 1.56 bits per heavy atom. The molecule has 25 heavy (non-hydrogen) atoms. The summed E-state index contributed by atoms with van der Waals surface area (Å²) in [6.07, 6.45) is 5.02. The summed E-state index contributed by atoms with van der Waals surface area (Å²) >= 11 is 0. The summed E-state index contributed by atoms with van der Waals surface area (Å²) < 4.78 is 2.13. The van der Waals surface area contributed by atoms with Crippen LogP contribution in [0.4, 0.5) is 5.82 Å². The number of rotatable bonds is 5. The number of nitrogens with zero attached hydrogens (tertiary/aromatic N) is 4. The first-order chi connectivity index (χ1) is 12.3. The maximum atomic E-state index is 7.64. The number of benzene rings is 2. The van der Waals surface area contributed by atoms with E-state index in [2.05, 4.69) is 43.7 Å². The Morgan fingerprint density at radius 3 is 2.20 bits per heavy atom. The van der Waals surface area contributed by atoms with Gasteiger partial charge in [0.05, 0.1) is 25.8 Å². The largest absolute Gasteiger partial charge is 0.313 e. The first-order valence-corrected chi connectivity index (χ1v) is 8.28. The van der Waals surface area contributed by atoms with Crippen molar-refractivity contribution >= 4 is 18.4 Å². The van der Waals surface area contributed by atoms with E-state index in [1.807, 2.05) is 49.1 Å². The van der Waals surface area contributed by atoms with Gasteiger partial charge in [-0.25, -0.2) is 4.98 Å². The first kappa shape index (κ1) is 15.3. The fraction of sp³-hybridized carbons (Fsp3) is 0.150. The highest BCUT2D eigenvalue weighted by Gasteiger charge is 2.26. The van der Waals surface area contributed by atoms with Gasteiger partial charge in [-0.05, 0) is 11.1 Å². The molecule has 0 saturated carbocycles. The number of imidazole rings is 1. The van der Waals surface area contributed by atoms with Crippen molar-refractivity contribution in [3.05, 3.63) is 83.8 Å². The molecule has 0 saturated heterocycles. The minimum Gasteiger partial charge on any atom is -0.313 e. The van der Waals surface area contributed by atoms with Crippen LogP contribution in [0.1, 0.15) is 22.9 Å². The van der Waals surface area contributed by atoms with Gasteiger partial charge in [-0.1, -0.05) is 60.7 Å². The molecule has 1 aromatic heterocycles. The van der Waals surface area contributed by atoms with Gasteiger partial charge < -0.3 is 14.9 Å². The molecular weight excluding hydrogens is 310 g/mol. The Labute approximate surface area is 146 Å². The summed E-state index contributed by atoms with van der Waals surface area (Å²) in [6.45, 7) is 1.47. The van der Waals surface area contributed by atoms with Crippen LogP contribution in [0.25, 0.3) is 0 Å². The van der Waals surface area contributed by atoms with E-state index >= 15 is 0 Å². The second-order valence-electron chi connectivity index (χ2n) is 6.06. The van der Waals surface area contributed by atoms with Crippen LogP contribution in [0, 0.1) is 5.41 Å². The van der Waals surface area contributed by atoms with E-state index in [4.69, 9.17) is 5.41 Å². The predicted molar refractivity (Wildman–Crippen MR) is 100 cm³/mol. The Bertz CT molecular complexity index is 883. The summed E-state index contributed by atoms with van der Waals surface area (Å²) in [6, 6.07) is 20.3. The molecule has 5 nitrogen and oxygen atoms in total. The monoisotopic (exact) mass is 329 g/mol. The molecule has 3 aromatic rings. The van der Waals surface area contributed by atoms with Gasteiger partial charge in [0.1, 0.15) is 17.6 Å². The molecule has 1 aliphatic heterocycles. The number of aromatic nitrogens is 2. The maximum Gasteiger partial charge on any atom is 0.140 e. The van der Waals surface area contributed by atoms with E-state index in [-0.39, 0.29) is 6.04 Å². The SMILES string of the molecule is N=CC1N=CN(Cc2ccccc2)c2c1ncn2Cc1ccccc1. The molecule has 2 aromatic carbocycles. The normalized spacial score (nSPS) is 15.8. The van der Waals surface area contributed by atoms with Crippen LogP contribution in [0.15, 0.2) is 72.0 Å². The molecule has 1 atom stereocenters. The molecule has 124 valence electrons. The second kappa shape index (κ2) is 6.73. The zero-order valence-electron chi connectivity index (χ0n) is 13.8. The summed E-state index contributed by atoms with van der Waals surface area (Å²) in [7, 11) is 0. The van der Waals surface area contributed by atoms with Crippen LogP contribution >= 0.6 is 0 Å². The summed E-state index contributed by atoms with van der Waals surface area (Å²) in [4.78, 5) is 11.1. The Balaban J connectivity index is 1.70. The highest BCUT2D eigenvalue weighted by molar-refractivity contribution is 5.85. The third-order valence-corrected chi connectivity index (χ3v) is 4.31. The van der Waals surface area contributed by atoms with Crippen molar-refractivity contribution in [1.29, 1.82) is 5.41 Å². The lowest BCUT2D eigenvalue weighted by Crippen LogP contribution is -2.28. The van der Waals surface area contributed by atoms with Crippen LogP contribution < -0.4 is 4.90 Å². The highest BCUT2D eigenvalue weighted by atomic mass is 15.3. The van der Waals surface area contributed by atoms with Crippen molar-refractivity contribution in [2.45, 2.75) is 19.1 Å². The van der Waals surface area contributed by atoms with Gasteiger partial charge in [-0.15, -0.1) is 0 Å². The molecule has 0 bridgehead atoms. The zero-order chi connectivity index (χ0) is 17.1. The van der Waals surface area contributed by atoms with Crippen LogP contribution in [0.3, 0.4) is 0 Å². The molecule has 1 N–H and O–H groups in total. The van der Waals surface area contributed by atoms with Crippen LogP contribution in [0.2, 0.25) is 0 Å². The fourth-order valence-corrected chi connectivity index (χ4v) is 3.10. The van der Waals surface area contributed by atoms with Crippen molar-refractivity contribution in [3.8, 4) is 0 Å². The van der Waals surface area contributed by atoms with E-state index in [0.29, 0.717) is 0 Å². The van der Waals surface area contributed by atoms with Gasteiger partial charge in [0.15, 0.2) is 0 Å². The Hall–Kier alpha value is -3.21. The van der Waals surface area contributed by atoms with Gasteiger partial charge in [0.25, 0.3) is 0 Å². The third kappa shape index (κ3) is 3.08. The van der Waals surface area contributed by atoms with Crippen LogP contribution in [-0.4, -0.2) is 22.1 Å². The third-order valence-electron chi connectivity index (χ3n) is 4.31. The quantitative estimate of drug-likeness (QED) is 0.726. The zero-order valence-corrected chi connectivity index (χ0v) is 13.8. The highest BCUT2D eigenvalue weighted by Crippen LogP contribution is 2.31. The van der Waals surface area contributed by atoms with Gasteiger partial charge in [-0.3, -0.25) is 4.99 Å². The number of hydrogen-bond acceptors (Lipinski definition) is 4. The number of hydrogen-bond donors (Lipinski definition) is 1. The van der Waals surface area contributed by atoms with E-state index in [9.17, 15) is 0 Å². The lowest BCUT2D eigenvalue weighted by Gasteiger charge is -2.27. The average Bonchev–Trinajstić information content (AvgIpc) is 3.08. The summed E-state index contributed by atoms with van der Waals surface area (Å²) in [5.74, 6) is 1.01. The van der Waals surface area contributed by atoms with Crippen molar-refractivity contribution in [3.63, 3.8) is 0 Å². The van der Waals surface area contributed by atoms with E-state index < -0.39 is 0 Å². The fourth-order valence-electron chi connectivity index (χ4n) is 3.10. The van der Waals surface area contributed by atoms with Crippen molar-refractivity contribution in [2.75, 3.05) is 4.90 Å². The minimum absolute atomic E-state index is 0.306. The van der Waals surface area contributed by atoms with Gasteiger partial charge >= 0.3 is 0 Å². The molecule has 0 radical (unpaired) electrons. The van der Waals surface area contributed by atoms with Gasteiger partial charge in [-0.2, -0.15) is 0 Å². The molecule has 0 amide bonds. The van der Waals surface area contributed by atoms with Crippen LogP contribution in [0.5, 0.6) is 0 Å². The van der Waals surface area contributed by atoms with Crippen molar-refractivity contribution in [2.24, 2.45) is 4.99 Å². The molecular formula is C20H19N5. The minimum atomic E-state index is -0.306. The molecule has 5 heteroatoms. The molecule has 0 fully saturated rings. The number of aliphatic imine (C=N–C) groups is 1. The van der Waals surface area contributed by atoms with Crippen molar-refractivity contribution in [1.82, 2.24) is 9.55 Å². The smallest absolute Gasteiger partial charge is 0.140 e. The predicted octanol–water partition coefficient (Wildman–Crippen LogP) is 3.67. The second-order valence-corrected chi connectivity index (χ2v) is 6.06. The molecule has 1 aliphatic rings. The molecule has 2 heterocycles. The van der Waals surface area contributed by atoms with E-state index in [0.717, 1.165) is 24.6 Å². The number of nitrogens with one attached hydrogen (secondary N) is 1.